The van der Waals surface area contributed by atoms with Gasteiger partial charge in [0.15, 0.2) is 6.10 Å². The van der Waals surface area contributed by atoms with Gasteiger partial charge in [-0.15, -0.1) is 0 Å². The Hall–Kier alpha value is -3.35. The van der Waals surface area contributed by atoms with Crippen molar-refractivity contribution in [2.45, 2.75) is 31.9 Å². The van der Waals surface area contributed by atoms with E-state index in [1.54, 1.807) is 41.5 Å². The fraction of sp³-hybridized carbons (Fsp3) is 0.259. The molecular weight excluding hydrogens is 452 g/mol. The van der Waals surface area contributed by atoms with Gasteiger partial charge in [-0.25, -0.2) is 9.96 Å². The number of hydroxylamine groups is 1. The Labute approximate surface area is 203 Å². The van der Waals surface area contributed by atoms with Crippen LogP contribution in [-0.4, -0.2) is 24.5 Å². The summed E-state index contributed by atoms with van der Waals surface area (Å²) in [6.07, 6.45) is 1.11. The van der Waals surface area contributed by atoms with Gasteiger partial charge >= 0.3 is 0 Å². The summed E-state index contributed by atoms with van der Waals surface area (Å²) >= 11 is 6.11. The molecule has 3 aromatic carbocycles. The molecule has 0 spiro atoms. The third-order valence-electron chi connectivity index (χ3n) is 6.20. The molecule has 3 aromatic rings. The number of imide groups is 1. The Balaban J connectivity index is 1.46. The van der Waals surface area contributed by atoms with Gasteiger partial charge in [0.1, 0.15) is 11.7 Å². The molecule has 2 amide bonds. The normalized spacial score (nSPS) is 21.8. The zero-order chi connectivity index (χ0) is 23.7. The standard InChI is InChI=1S/C27H25ClN2O4/c1-2-3-17-33-22-15-13-20(14-16-22)29-26(31)23-24(18-9-11-19(28)12-10-18)30(34-25(23)27(29)32)21-7-5-4-6-8-21/h4-16,23-25H,2-3,17H2,1H3/t23-,24+,25-/m0/s1. The van der Waals surface area contributed by atoms with E-state index >= 15 is 0 Å². The topological polar surface area (TPSA) is 59.1 Å². The van der Waals surface area contributed by atoms with Crippen LogP contribution in [0.5, 0.6) is 5.75 Å². The predicted octanol–water partition coefficient (Wildman–Crippen LogP) is 5.57. The smallest absolute Gasteiger partial charge is 0.266 e. The Bertz CT molecular complexity index is 1170. The average Bonchev–Trinajstić information content (AvgIpc) is 3.37. The number of benzene rings is 3. The van der Waals surface area contributed by atoms with Crippen molar-refractivity contribution in [3.05, 3.63) is 89.4 Å². The Morgan fingerprint density at radius 2 is 1.59 bits per heavy atom. The number of ether oxygens (including phenoxy) is 1. The van der Waals surface area contributed by atoms with Crippen molar-refractivity contribution in [3.63, 3.8) is 0 Å². The summed E-state index contributed by atoms with van der Waals surface area (Å²) < 4.78 is 5.71. The zero-order valence-electron chi connectivity index (χ0n) is 18.8. The van der Waals surface area contributed by atoms with Gasteiger partial charge in [0.2, 0.25) is 5.91 Å². The van der Waals surface area contributed by atoms with E-state index < -0.39 is 18.1 Å². The van der Waals surface area contributed by atoms with Crippen LogP contribution in [0.4, 0.5) is 11.4 Å². The monoisotopic (exact) mass is 476 g/mol. The molecule has 0 radical (unpaired) electrons. The molecule has 0 saturated carbocycles. The minimum Gasteiger partial charge on any atom is -0.494 e. The maximum Gasteiger partial charge on any atom is 0.266 e. The van der Waals surface area contributed by atoms with Crippen LogP contribution >= 0.6 is 11.6 Å². The van der Waals surface area contributed by atoms with E-state index in [1.807, 2.05) is 42.5 Å². The number of rotatable bonds is 7. The molecule has 0 N–H and O–H groups in total. The minimum atomic E-state index is -0.908. The number of unbranched alkanes of at least 4 members (excludes halogenated alkanes) is 1. The quantitative estimate of drug-likeness (QED) is 0.329. The van der Waals surface area contributed by atoms with Crippen molar-refractivity contribution < 1.29 is 19.2 Å². The lowest BCUT2D eigenvalue weighted by molar-refractivity contribution is -0.126. The first kappa shape index (κ1) is 22.4. The molecule has 174 valence electrons. The summed E-state index contributed by atoms with van der Waals surface area (Å²) in [5.74, 6) is -0.628. The molecule has 6 nitrogen and oxygen atoms in total. The number of carbonyl (C=O) groups is 2. The molecule has 2 aliphatic rings. The molecule has 3 atom stereocenters. The Kier molecular flexibility index (Phi) is 6.26. The van der Waals surface area contributed by atoms with Crippen LogP contribution in [0, 0.1) is 5.92 Å². The largest absolute Gasteiger partial charge is 0.494 e. The highest BCUT2D eigenvalue weighted by Gasteiger charge is 2.60. The van der Waals surface area contributed by atoms with Crippen LogP contribution < -0.4 is 14.7 Å². The highest BCUT2D eigenvalue weighted by molar-refractivity contribution is 6.30. The number of anilines is 2. The molecule has 2 saturated heterocycles. The fourth-order valence-electron chi connectivity index (χ4n) is 4.49. The number of hydrogen-bond acceptors (Lipinski definition) is 5. The number of hydrogen-bond donors (Lipinski definition) is 0. The maximum atomic E-state index is 13.7. The summed E-state index contributed by atoms with van der Waals surface area (Å²) in [5.41, 5.74) is 2.14. The second-order valence-electron chi connectivity index (χ2n) is 8.42. The predicted molar refractivity (Wildman–Crippen MR) is 131 cm³/mol. The van der Waals surface area contributed by atoms with Crippen molar-refractivity contribution >= 4 is 34.8 Å². The SMILES string of the molecule is CCCCOc1ccc(N2C(=O)[C@@H]3[C@H](ON(c4ccccc4)[C@@H]3c3ccc(Cl)cc3)C2=O)cc1. The van der Waals surface area contributed by atoms with Gasteiger partial charge in [-0.2, -0.15) is 0 Å². The third-order valence-corrected chi connectivity index (χ3v) is 6.45. The van der Waals surface area contributed by atoms with Gasteiger partial charge in [-0.1, -0.05) is 55.3 Å². The van der Waals surface area contributed by atoms with Crippen molar-refractivity contribution in [2.75, 3.05) is 16.6 Å². The summed E-state index contributed by atoms with van der Waals surface area (Å²) in [6, 6.07) is 23.4. The van der Waals surface area contributed by atoms with E-state index in [0.717, 1.165) is 24.1 Å². The van der Waals surface area contributed by atoms with Crippen molar-refractivity contribution in [1.82, 2.24) is 0 Å². The summed E-state index contributed by atoms with van der Waals surface area (Å²) in [5, 5.41) is 2.28. The van der Waals surface area contributed by atoms with Crippen molar-refractivity contribution in [1.29, 1.82) is 0 Å². The van der Waals surface area contributed by atoms with Crippen molar-refractivity contribution in [3.8, 4) is 5.75 Å². The van der Waals surface area contributed by atoms with E-state index in [9.17, 15) is 9.59 Å². The second kappa shape index (κ2) is 9.49. The first-order valence-electron chi connectivity index (χ1n) is 11.5. The molecular formula is C27H25ClN2O4. The van der Waals surface area contributed by atoms with Crippen LogP contribution in [0.3, 0.4) is 0 Å². The molecule has 5 rings (SSSR count). The van der Waals surface area contributed by atoms with Gasteiger partial charge in [0, 0.05) is 5.02 Å². The second-order valence-corrected chi connectivity index (χ2v) is 8.85. The highest BCUT2D eigenvalue weighted by atomic mass is 35.5. The Morgan fingerprint density at radius 3 is 2.26 bits per heavy atom. The number of fused-ring (bicyclic) bond motifs is 1. The maximum absolute atomic E-state index is 13.7. The van der Waals surface area contributed by atoms with Gasteiger partial charge in [-0.3, -0.25) is 14.4 Å². The molecule has 0 aliphatic carbocycles. The lowest BCUT2D eigenvalue weighted by Gasteiger charge is -2.28. The van der Waals surface area contributed by atoms with Crippen LogP contribution in [0.2, 0.25) is 5.02 Å². The third kappa shape index (κ3) is 4.04. The summed E-state index contributed by atoms with van der Waals surface area (Å²) in [7, 11) is 0. The molecule has 0 aromatic heterocycles. The Morgan fingerprint density at radius 1 is 0.882 bits per heavy atom. The van der Waals surface area contributed by atoms with Gasteiger partial charge in [-0.05, 0) is 60.5 Å². The lowest BCUT2D eigenvalue weighted by atomic mass is 9.90. The number of para-hydroxylation sites is 1. The number of nitrogens with zero attached hydrogens (tertiary/aromatic N) is 2. The van der Waals surface area contributed by atoms with Gasteiger partial charge in [0.25, 0.3) is 5.91 Å². The van der Waals surface area contributed by atoms with E-state index in [4.69, 9.17) is 21.2 Å². The minimum absolute atomic E-state index is 0.284. The molecule has 7 heteroatoms. The number of halogens is 1. The summed E-state index contributed by atoms with van der Waals surface area (Å²) in [6.45, 7) is 2.74. The fourth-order valence-corrected chi connectivity index (χ4v) is 4.62. The highest BCUT2D eigenvalue weighted by Crippen LogP contribution is 2.47. The van der Waals surface area contributed by atoms with E-state index in [-0.39, 0.29) is 11.8 Å². The van der Waals surface area contributed by atoms with E-state index in [1.165, 1.54) is 4.90 Å². The number of amides is 2. The van der Waals surface area contributed by atoms with Crippen LogP contribution in [-0.2, 0) is 14.4 Å². The van der Waals surface area contributed by atoms with Gasteiger partial charge < -0.3 is 4.74 Å². The van der Waals surface area contributed by atoms with E-state index in [0.29, 0.717) is 23.1 Å². The lowest BCUT2D eigenvalue weighted by Crippen LogP contribution is -2.37. The first-order chi connectivity index (χ1) is 16.6. The molecule has 34 heavy (non-hydrogen) atoms. The van der Waals surface area contributed by atoms with Crippen LogP contribution in [0.15, 0.2) is 78.9 Å². The van der Waals surface area contributed by atoms with E-state index in [2.05, 4.69) is 6.92 Å². The zero-order valence-corrected chi connectivity index (χ0v) is 19.5. The number of carbonyl (C=O) groups excluding carboxylic acids is 2. The van der Waals surface area contributed by atoms with Crippen LogP contribution in [0.1, 0.15) is 31.4 Å². The van der Waals surface area contributed by atoms with Crippen LogP contribution in [0.25, 0.3) is 0 Å². The summed E-state index contributed by atoms with van der Waals surface area (Å²) in [4.78, 5) is 34.5. The first-order valence-corrected chi connectivity index (χ1v) is 11.8. The average molecular weight is 477 g/mol. The molecule has 0 bridgehead atoms. The molecule has 2 fully saturated rings. The molecule has 2 aliphatic heterocycles. The molecule has 0 unspecified atom stereocenters. The molecule has 2 heterocycles. The van der Waals surface area contributed by atoms with Crippen molar-refractivity contribution in [2.24, 2.45) is 5.92 Å². The van der Waals surface area contributed by atoms with Gasteiger partial charge in [0.05, 0.1) is 24.0 Å².